The van der Waals surface area contributed by atoms with Crippen molar-refractivity contribution in [1.29, 1.82) is 0 Å². The standard InChI is InChI=1S/C15H20N4O2/c1-3-15(2,6-9-20)18-14(21)12-4-5-13(17-10-12)19-8-7-16-11-19/h4-5,7-8,10-11,20H,3,6,9H2,1-2H3,(H,18,21). The van der Waals surface area contributed by atoms with E-state index in [2.05, 4.69) is 15.3 Å². The Kier molecular flexibility index (Phi) is 4.70. The van der Waals surface area contributed by atoms with Gasteiger partial charge in [0.2, 0.25) is 0 Å². The van der Waals surface area contributed by atoms with E-state index in [0.29, 0.717) is 17.8 Å². The number of carbonyl (C=O) groups excluding carboxylic acids is 1. The first-order chi connectivity index (χ1) is 10.1. The van der Waals surface area contributed by atoms with Crippen LogP contribution in [-0.4, -0.2) is 37.7 Å². The highest BCUT2D eigenvalue weighted by molar-refractivity contribution is 5.94. The van der Waals surface area contributed by atoms with Gasteiger partial charge in [0, 0.05) is 30.7 Å². The SMILES string of the molecule is CCC(C)(CCO)NC(=O)c1ccc(-n2ccnc2)nc1. The van der Waals surface area contributed by atoms with Crippen molar-refractivity contribution in [3.63, 3.8) is 0 Å². The predicted molar refractivity (Wildman–Crippen MR) is 79.2 cm³/mol. The molecule has 6 heteroatoms. The number of rotatable bonds is 6. The lowest BCUT2D eigenvalue weighted by atomic mass is 9.94. The number of nitrogens with zero attached hydrogens (tertiary/aromatic N) is 3. The summed E-state index contributed by atoms with van der Waals surface area (Å²) < 4.78 is 1.77. The van der Waals surface area contributed by atoms with Crippen molar-refractivity contribution in [3.8, 4) is 5.82 Å². The summed E-state index contributed by atoms with van der Waals surface area (Å²) in [7, 11) is 0. The Morgan fingerprint density at radius 1 is 1.48 bits per heavy atom. The van der Waals surface area contributed by atoms with Crippen molar-refractivity contribution in [1.82, 2.24) is 19.9 Å². The second kappa shape index (κ2) is 6.49. The number of aliphatic hydroxyl groups excluding tert-OH is 1. The van der Waals surface area contributed by atoms with Crippen molar-refractivity contribution < 1.29 is 9.90 Å². The Labute approximate surface area is 123 Å². The number of amides is 1. The minimum absolute atomic E-state index is 0.0441. The molecule has 2 rings (SSSR count). The van der Waals surface area contributed by atoms with Gasteiger partial charge in [0.05, 0.1) is 5.56 Å². The van der Waals surface area contributed by atoms with Crippen LogP contribution in [0.1, 0.15) is 37.0 Å². The normalized spacial score (nSPS) is 13.7. The highest BCUT2D eigenvalue weighted by Gasteiger charge is 2.24. The molecule has 2 heterocycles. The summed E-state index contributed by atoms with van der Waals surface area (Å²) in [6.07, 6.45) is 7.92. The summed E-state index contributed by atoms with van der Waals surface area (Å²) >= 11 is 0. The average molecular weight is 288 g/mol. The van der Waals surface area contributed by atoms with Gasteiger partial charge < -0.3 is 10.4 Å². The summed E-state index contributed by atoms with van der Waals surface area (Å²) in [6, 6.07) is 3.50. The molecule has 1 unspecified atom stereocenters. The van der Waals surface area contributed by atoms with Crippen LogP contribution >= 0.6 is 0 Å². The summed E-state index contributed by atoms with van der Waals surface area (Å²) in [5, 5.41) is 12.0. The second-order valence-electron chi connectivity index (χ2n) is 5.22. The first kappa shape index (κ1) is 15.2. The Hall–Kier alpha value is -2.21. The molecule has 2 aromatic rings. The maximum absolute atomic E-state index is 12.2. The van der Waals surface area contributed by atoms with E-state index in [4.69, 9.17) is 5.11 Å². The fraction of sp³-hybridized carbons (Fsp3) is 0.400. The van der Waals surface area contributed by atoms with Crippen molar-refractivity contribution in [2.45, 2.75) is 32.2 Å². The van der Waals surface area contributed by atoms with Crippen LogP contribution in [0.15, 0.2) is 37.1 Å². The molecular formula is C15H20N4O2. The Morgan fingerprint density at radius 3 is 2.81 bits per heavy atom. The molecule has 0 aromatic carbocycles. The van der Waals surface area contributed by atoms with Gasteiger partial charge in [-0.15, -0.1) is 0 Å². The molecule has 0 saturated carbocycles. The number of carbonyl (C=O) groups is 1. The van der Waals surface area contributed by atoms with Crippen molar-refractivity contribution in [2.75, 3.05) is 6.61 Å². The van der Waals surface area contributed by atoms with Crippen LogP contribution in [0.25, 0.3) is 5.82 Å². The zero-order valence-electron chi connectivity index (χ0n) is 12.3. The summed E-state index contributed by atoms with van der Waals surface area (Å²) in [5.74, 6) is 0.523. The molecule has 0 radical (unpaired) electrons. The molecule has 0 fully saturated rings. The van der Waals surface area contributed by atoms with Gasteiger partial charge in [-0.25, -0.2) is 9.97 Å². The first-order valence-corrected chi connectivity index (χ1v) is 6.96. The van der Waals surface area contributed by atoms with Gasteiger partial charge in [0.15, 0.2) is 0 Å². The Morgan fingerprint density at radius 2 is 2.29 bits per heavy atom. The molecular weight excluding hydrogens is 268 g/mol. The molecule has 2 N–H and O–H groups in total. The number of pyridine rings is 1. The monoisotopic (exact) mass is 288 g/mol. The Balaban J connectivity index is 2.10. The number of hydrogen-bond donors (Lipinski definition) is 2. The molecule has 0 aliphatic heterocycles. The van der Waals surface area contributed by atoms with Crippen LogP contribution in [0.5, 0.6) is 0 Å². The van der Waals surface area contributed by atoms with E-state index in [1.807, 2.05) is 13.8 Å². The molecule has 0 aliphatic carbocycles. The van der Waals surface area contributed by atoms with E-state index in [0.717, 1.165) is 6.42 Å². The van der Waals surface area contributed by atoms with E-state index in [1.165, 1.54) is 0 Å². The zero-order valence-corrected chi connectivity index (χ0v) is 12.3. The fourth-order valence-corrected chi connectivity index (χ4v) is 1.99. The number of nitrogens with one attached hydrogen (secondary N) is 1. The number of hydrogen-bond acceptors (Lipinski definition) is 4. The average Bonchev–Trinajstić information content (AvgIpc) is 3.02. The second-order valence-corrected chi connectivity index (χ2v) is 5.22. The summed E-state index contributed by atoms with van der Waals surface area (Å²) in [5.41, 5.74) is 0.0889. The van der Waals surface area contributed by atoms with Gasteiger partial charge >= 0.3 is 0 Å². The number of aliphatic hydroxyl groups is 1. The Bertz CT molecular complexity index is 580. The van der Waals surface area contributed by atoms with Crippen LogP contribution in [-0.2, 0) is 0 Å². The third-order valence-electron chi connectivity index (χ3n) is 3.64. The van der Waals surface area contributed by atoms with Crippen LogP contribution < -0.4 is 5.32 Å². The van der Waals surface area contributed by atoms with E-state index < -0.39 is 5.54 Å². The van der Waals surface area contributed by atoms with Crippen LogP contribution in [0.2, 0.25) is 0 Å². The minimum Gasteiger partial charge on any atom is -0.396 e. The number of aromatic nitrogens is 3. The van der Waals surface area contributed by atoms with Crippen molar-refractivity contribution >= 4 is 5.91 Å². The number of imidazole rings is 1. The topological polar surface area (TPSA) is 80.0 Å². The van der Waals surface area contributed by atoms with Gasteiger partial charge in [-0.3, -0.25) is 9.36 Å². The molecule has 2 aromatic heterocycles. The molecule has 0 aliphatic rings. The fourth-order valence-electron chi connectivity index (χ4n) is 1.99. The van der Waals surface area contributed by atoms with E-state index in [-0.39, 0.29) is 12.5 Å². The predicted octanol–water partition coefficient (Wildman–Crippen LogP) is 1.55. The van der Waals surface area contributed by atoms with Gasteiger partial charge in [0.25, 0.3) is 5.91 Å². The molecule has 0 saturated heterocycles. The van der Waals surface area contributed by atoms with Crippen LogP contribution in [0.4, 0.5) is 0 Å². The molecule has 0 bridgehead atoms. The lowest BCUT2D eigenvalue weighted by Crippen LogP contribution is -2.46. The van der Waals surface area contributed by atoms with Gasteiger partial charge in [-0.05, 0) is 31.9 Å². The zero-order chi connectivity index (χ0) is 15.3. The summed E-state index contributed by atoms with van der Waals surface area (Å²) in [6.45, 7) is 3.95. The molecule has 21 heavy (non-hydrogen) atoms. The molecule has 1 amide bonds. The lowest BCUT2D eigenvalue weighted by Gasteiger charge is -2.28. The minimum atomic E-state index is -0.408. The van der Waals surface area contributed by atoms with Gasteiger partial charge in [-0.1, -0.05) is 6.92 Å². The highest BCUT2D eigenvalue weighted by atomic mass is 16.3. The van der Waals surface area contributed by atoms with Crippen molar-refractivity contribution in [2.24, 2.45) is 0 Å². The van der Waals surface area contributed by atoms with E-state index >= 15 is 0 Å². The van der Waals surface area contributed by atoms with Crippen LogP contribution in [0, 0.1) is 0 Å². The largest absolute Gasteiger partial charge is 0.396 e. The molecule has 112 valence electrons. The lowest BCUT2D eigenvalue weighted by molar-refractivity contribution is 0.0886. The van der Waals surface area contributed by atoms with Crippen LogP contribution in [0.3, 0.4) is 0 Å². The van der Waals surface area contributed by atoms with E-state index in [1.54, 1.807) is 41.6 Å². The quantitative estimate of drug-likeness (QED) is 0.845. The molecule has 6 nitrogen and oxygen atoms in total. The maximum Gasteiger partial charge on any atom is 0.253 e. The highest BCUT2D eigenvalue weighted by Crippen LogP contribution is 2.15. The molecule has 0 spiro atoms. The van der Waals surface area contributed by atoms with Gasteiger partial charge in [0.1, 0.15) is 12.1 Å². The first-order valence-electron chi connectivity index (χ1n) is 6.96. The third-order valence-corrected chi connectivity index (χ3v) is 3.64. The van der Waals surface area contributed by atoms with Crippen molar-refractivity contribution in [3.05, 3.63) is 42.6 Å². The third kappa shape index (κ3) is 3.66. The van der Waals surface area contributed by atoms with Gasteiger partial charge in [-0.2, -0.15) is 0 Å². The smallest absolute Gasteiger partial charge is 0.253 e. The van der Waals surface area contributed by atoms with E-state index in [9.17, 15) is 4.79 Å². The summed E-state index contributed by atoms with van der Waals surface area (Å²) in [4.78, 5) is 20.5. The maximum atomic E-state index is 12.2. The molecule has 1 atom stereocenters.